The average Bonchev–Trinajstić information content (AvgIpc) is 2.04. The first kappa shape index (κ1) is 8.39. The summed E-state index contributed by atoms with van der Waals surface area (Å²) < 4.78 is 5.73. The van der Waals surface area contributed by atoms with Crippen LogP contribution in [0.15, 0.2) is 24.3 Å². The number of thiol groups is 1. The predicted octanol–water partition coefficient (Wildman–Crippen LogP) is 2.21. The number of fused-ring (bicyclic) bond motifs is 1. The molecule has 2 rings (SSSR count). The summed E-state index contributed by atoms with van der Waals surface area (Å²) in [6, 6.07) is 0. The van der Waals surface area contributed by atoms with Crippen molar-refractivity contribution in [3.05, 3.63) is 24.3 Å². The van der Waals surface area contributed by atoms with Crippen molar-refractivity contribution in [1.82, 2.24) is 0 Å². The van der Waals surface area contributed by atoms with Crippen LogP contribution in [0, 0.1) is 5.92 Å². The molecule has 1 aliphatic heterocycles. The first-order chi connectivity index (χ1) is 5.70. The number of allylic oxidation sites excluding steroid dienone is 2. The van der Waals surface area contributed by atoms with Gasteiger partial charge in [-0.1, -0.05) is 24.3 Å². The average molecular weight is 182 g/mol. The van der Waals surface area contributed by atoms with Crippen molar-refractivity contribution < 1.29 is 4.74 Å². The summed E-state index contributed by atoms with van der Waals surface area (Å²) >= 11 is 4.68. The Morgan fingerprint density at radius 2 is 2.17 bits per heavy atom. The lowest BCUT2D eigenvalue weighted by Crippen LogP contribution is -2.43. The number of hydrogen-bond acceptors (Lipinski definition) is 2. The minimum Gasteiger partial charge on any atom is -0.373 e. The Morgan fingerprint density at radius 1 is 1.42 bits per heavy atom. The van der Waals surface area contributed by atoms with Crippen molar-refractivity contribution in [2.75, 3.05) is 6.61 Å². The van der Waals surface area contributed by atoms with Gasteiger partial charge in [-0.2, -0.15) is 12.6 Å². The minimum absolute atomic E-state index is 0.101. The van der Waals surface area contributed by atoms with Crippen LogP contribution in [0.1, 0.15) is 13.3 Å². The molecule has 0 radical (unpaired) electrons. The molecule has 3 unspecified atom stereocenters. The van der Waals surface area contributed by atoms with Crippen LogP contribution in [0.25, 0.3) is 0 Å². The fourth-order valence-electron chi connectivity index (χ4n) is 1.88. The lowest BCUT2D eigenvalue weighted by atomic mass is 9.81. The van der Waals surface area contributed by atoms with E-state index in [4.69, 9.17) is 4.74 Å². The molecule has 2 heteroatoms. The highest BCUT2D eigenvalue weighted by atomic mass is 32.1. The van der Waals surface area contributed by atoms with E-state index in [1.165, 1.54) is 0 Å². The van der Waals surface area contributed by atoms with Gasteiger partial charge in [-0.05, 0) is 13.3 Å². The first-order valence-corrected chi connectivity index (χ1v) is 4.84. The van der Waals surface area contributed by atoms with Crippen LogP contribution >= 0.6 is 12.6 Å². The van der Waals surface area contributed by atoms with Crippen LogP contribution < -0.4 is 0 Å². The monoisotopic (exact) mass is 182 g/mol. The third kappa shape index (κ3) is 1.34. The van der Waals surface area contributed by atoms with Gasteiger partial charge in [0.15, 0.2) is 0 Å². The molecule has 1 aliphatic carbocycles. The van der Waals surface area contributed by atoms with E-state index >= 15 is 0 Å². The van der Waals surface area contributed by atoms with Crippen molar-refractivity contribution in [1.29, 1.82) is 0 Å². The standard InChI is InChI=1S/C10H14OS/c1-10(12)6-7-11-9-5-3-2-4-8(9)10/h2-5,8-9,12H,6-7H2,1H3. The van der Waals surface area contributed by atoms with Crippen LogP contribution in [-0.2, 0) is 4.74 Å². The second-order valence-electron chi connectivity index (χ2n) is 3.74. The van der Waals surface area contributed by atoms with Crippen LogP contribution in [-0.4, -0.2) is 17.5 Å². The van der Waals surface area contributed by atoms with E-state index in [1.54, 1.807) is 0 Å². The second kappa shape index (κ2) is 2.93. The van der Waals surface area contributed by atoms with Crippen molar-refractivity contribution in [3.8, 4) is 0 Å². The fourth-order valence-corrected chi connectivity index (χ4v) is 2.20. The molecule has 1 nitrogen and oxygen atoms in total. The van der Waals surface area contributed by atoms with E-state index in [-0.39, 0.29) is 10.9 Å². The lowest BCUT2D eigenvalue weighted by molar-refractivity contribution is 0.00324. The van der Waals surface area contributed by atoms with Crippen molar-refractivity contribution in [2.45, 2.75) is 24.2 Å². The molecule has 0 N–H and O–H groups in total. The van der Waals surface area contributed by atoms with E-state index < -0.39 is 0 Å². The SMILES string of the molecule is CC1(S)CCOC2C=CC=CC21. The van der Waals surface area contributed by atoms with Gasteiger partial charge in [-0.3, -0.25) is 0 Å². The van der Waals surface area contributed by atoms with E-state index in [0.29, 0.717) is 5.92 Å². The summed E-state index contributed by atoms with van der Waals surface area (Å²) in [5, 5.41) is 0. The van der Waals surface area contributed by atoms with Gasteiger partial charge in [0.25, 0.3) is 0 Å². The van der Waals surface area contributed by atoms with Gasteiger partial charge < -0.3 is 4.74 Å². The second-order valence-corrected chi connectivity index (χ2v) is 4.76. The quantitative estimate of drug-likeness (QED) is 0.565. The van der Waals surface area contributed by atoms with Crippen LogP contribution in [0.2, 0.25) is 0 Å². The van der Waals surface area contributed by atoms with E-state index in [1.807, 2.05) is 0 Å². The Morgan fingerprint density at radius 3 is 2.92 bits per heavy atom. The maximum Gasteiger partial charge on any atom is 0.0834 e. The zero-order valence-corrected chi connectivity index (χ0v) is 8.13. The molecule has 0 spiro atoms. The smallest absolute Gasteiger partial charge is 0.0834 e. The van der Waals surface area contributed by atoms with Gasteiger partial charge in [0.05, 0.1) is 6.10 Å². The summed E-state index contributed by atoms with van der Waals surface area (Å²) in [6.07, 6.45) is 9.76. The fraction of sp³-hybridized carbons (Fsp3) is 0.600. The summed E-state index contributed by atoms with van der Waals surface area (Å²) in [4.78, 5) is 0. The molecule has 0 amide bonds. The summed E-state index contributed by atoms with van der Waals surface area (Å²) in [5.41, 5.74) is 0. The van der Waals surface area contributed by atoms with E-state index in [0.717, 1.165) is 13.0 Å². The molecule has 12 heavy (non-hydrogen) atoms. The molecule has 1 heterocycles. The van der Waals surface area contributed by atoms with Crippen molar-refractivity contribution in [2.24, 2.45) is 5.92 Å². The number of rotatable bonds is 0. The normalized spacial score (nSPS) is 45.8. The Balaban J connectivity index is 2.23. The highest BCUT2D eigenvalue weighted by molar-refractivity contribution is 7.81. The minimum atomic E-state index is 0.101. The van der Waals surface area contributed by atoms with Gasteiger partial charge >= 0.3 is 0 Å². The van der Waals surface area contributed by atoms with Crippen LogP contribution in [0.5, 0.6) is 0 Å². The maximum absolute atomic E-state index is 5.63. The third-order valence-corrected chi connectivity index (χ3v) is 3.24. The Hall–Kier alpha value is -0.210. The molecular weight excluding hydrogens is 168 g/mol. The Labute approximate surface area is 78.9 Å². The summed E-state index contributed by atoms with van der Waals surface area (Å²) in [7, 11) is 0. The molecule has 1 fully saturated rings. The Kier molecular flexibility index (Phi) is 2.05. The molecule has 1 saturated heterocycles. The topological polar surface area (TPSA) is 9.23 Å². The van der Waals surface area contributed by atoms with Gasteiger partial charge in [-0.25, -0.2) is 0 Å². The number of hydrogen-bond donors (Lipinski definition) is 1. The van der Waals surface area contributed by atoms with Crippen LogP contribution in [0.3, 0.4) is 0 Å². The van der Waals surface area contributed by atoms with Crippen LogP contribution in [0.4, 0.5) is 0 Å². The molecule has 66 valence electrons. The van der Waals surface area contributed by atoms with Crippen molar-refractivity contribution >= 4 is 12.6 Å². The molecule has 3 atom stereocenters. The highest BCUT2D eigenvalue weighted by Gasteiger charge is 2.38. The summed E-state index contributed by atoms with van der Waals surface area (Å²) in [6.45, 7) is 3.03. The molecular formula is C10H14OS. The Bertz CT molecular complexity index is 230. The predicted molar refractivity (Wildman–Crippen MR) is 53.5 cm³/mol. The zero-order valence-electron chi connectivity index (χ0n) is 7.23. The first-order valence-electron chi connectivity index (χ1n) is 4.39. The number of ether oxygens (including phenoxy) is 1. The molecule has 0 saturated carbocycles. The van der Waals surface area contributed by atoms with Gasteiger partial charge in [0, 0.05) is 17.3 Å². The molecule has 0 aromatic heterocycles. The van der Waals surface area contributed by atoms with E-state index in [9.17, 15) is 0 Å². The highest BCUT2D eigenvalue weighted by Crippen LogP contribution is 2.38. The molecule has 2 aliphatic rings. The molecule has 0 bridgehead atoms. The largest absolute Gasteiger partial charge is 0.373 e. The summed E-state index contributed by atoms with van der Waals surface area (Å²) in [5.74, 6) is 0.444. The van der Waals surface area contributed by atoms with E-state index in [2.05, 4.69) is 43.9 Å². The van der Waals surface area contributed by atoms with Gasteiger partial charge in [-0.15, -0.1) is 0 Å². The molecule has 0 aromatic carbocycles. The maximum atomic E-state index is 5.63. The third-order valence-electron chi connectivity index (χ3n) is 2.72. The van der Waals surface area contributed by atoms with Crippen molar-refractivity contribution in [3.63, 3.8) is 0 Å². The molecule has 0 aromatic rings. The van der Waals surface area contributed by atoms with Gasteiger partial charge in [0.2, 0.25) is 0 Å². The van der Waals surface area contributed by atoms with Gasteiger partial charge in [0.1, 0.15) is 0 Å². The lowest BCUT2D eigenvalue weighted by Gasteiger charge is -2.41. The zero-order chi connectivity index (χ0) is 8.60.